The Bertz CT molecular complexity index is 761. The lowest BCUT2D eigenvalue weighted by Crippen LogP contribution is -2.36. The molecule has 160 valence electrons. The van der Waals surface area contributed by atoms with E-state index in [9.17, 15) is 18.0 Å². The normalized spacial score (nSPS) is 25.3. The van der Waals surface area contributed by atoms with Gasteiger partial charge in [0, 0.05) is 18.0 Å². The fraction of sp³-hybridized carbons (Fsp3) is 0.737. The van der Waals surface area contributed by atoms with Crippen LogP contribution in [0.5, 0.6) is 0 Å². The smallest absolute Gasteiger partial charge is 0.425 e. The van der Waals surface area contributed by atoms with Crippen molar-refractivity contribution in [1.29, 1.82) is 0 Å². The van der Waals surface area contributed by atoms with Crippen molar-refractivity contribution in [3.05, 3.63) is 24.1 Å². The van der Waals surface area contributed by atoms with Crippen LogP contribution in [0.1, 0.15) is 62.6 Å². The number of allylic oxidation sites excluding steroid dienone is 1. The highest BCUT2D eigenvalue weighted by Gasteiger charge is 2.53. The van der Waals surface area contributed by atoms with Crippen LogP contribution < -0.4 is 5.32 Å². The molecule has 3 saturated carbocycles. The van der Waals surface area contributed by atoms with Gasteiger partial charge in [-0.3, -0.25) is 9.53 Å². The van der Waals surface area contributed by atoms with Gasteiger partial charge in [0.25, 0.3) is 0 Å². The number of hydrogen-bond donors (Lipinski definition) is 1. The first-order valence-electron chi connectivity index (χ1n) is 9.86. The van der Waals surface area contributed by atoms with E-state index in [4.69, 9.17) is 9.15 Å². The van der Waals surface area contributed by atoms with Gasteiger partial charge < -0.3 is 14.5 Å². The molecule has 1 aromatic rings. The molecule has 0 radical (unpaired) electrons. The standard InChI is InChI=1S/C19H24F3N3O4/c1-11(23-15(26)10-27-14-8-18(9-14)4-5-18)2-3-16-24-25-17(28-16)12-6-13(7-12)29-19(20,21)22/h12-14H,1-10H2,(H,23,26). The number of nitrogens with zero attached hydrogens (tertiary/aromatic N) is 2. The largest absolute Gasteiger partial charge is 0.522 e. The number of hydrogen-bond acceptors (Lipinski definition) is 6. The van der Waals surface area contributed by atoms with Crippen molar-refractivity contribution < 1.29 is 31.9 Å². The summed E-state index contributed by atoms with van der Waals surface area (Å²) in [6.07, 6.45) is 0.614. The van der Waals surface area contributed by atoms with E-state index in [2.05, 4.69) is 26.8 Å². The molecule has 4 rings (SSSR count). The summed E-state index contributed by atoms with van der Waals surface area (Å²) in [4.78, 5) is 11.9. The average molecular weight is 415 g/mol. The summed E-state index contributed by atoms with van der Waals surface area (Å²) >= 11 is 0. The fourth-order valence-corrected chi connectivity index (χ4v) is 3.94. The third kappa shape index (κ3) is 5.36. The molecule has 3 fully saturated rings. The van der Waals surface area contributed by atoms with E-state index in [0.717, 1.165) is 12.8 Å². The molecule has 0 saturated heterocycles. The molecule has 0 bridgehead atoms. The van der Waals surface area contributed by atoms with Crippen LogP contribution >= 0.6 is 0 Å². The third-order valence-electron chi connectivity index (χ3n) is 5.91. The first kappa shape index (κ1) is 20.3. The number of nitrogens with one attached hydrogen (secondary N) is 1. The molecule has 0 unspecified atom stereocenters. The molecule has 1 N–H and O–H groups in total. The Balaban J connectivity index is 1.11. The van der Waals surface area contributed by atoms with E-state index in [-0.39, 0.29) is 37.4 Å². The van der Waals surface area contributed by atoms with Gasteiger partial charge in [-0.1, -0.05) is 6.58 Å². The Morgan fingerprint density at radius 2 is 1.97 bits per heavy atom. The molecule has 3 aliphatic carbocycles. The highest BCUT2D eigenvalue weighted by molar-refractivity contribution is 5.78. The Morgan fingerprint density at radius 3 is 2.62 bits per heavy atom. The second kappa shape index (κ2) is 7.71. The molecule has 0 aliphatic heterocycles. The number of rotatable bonds is 9. The SMILES string of the molecule is C=C(CCc1nnc(C2CC(OC(F)(F)F)C2)o1)NC(=O)COC1CC2(CC2)C1. The van der Waals surface area contributed by atoms with Crippen LogP contribution in [0.2, 0.25) is 0 Å². The van der Waals surface area contributed by atoms with Gasteiger partial charge >= 0.3 is 6.36 Å². The molecule has 1 heterocycles. The summed E-state index contributed by atoms with van der Waals surface area (Å²) in [5.41, 5.74) is 1.06. The van der Waals surface area contributed by atoms with E-state index < -0.39 is 12.5 Å². The summed E-state index contributed by atoms with van der Waals surface area (Å²) in [6.45, 7) is 3.84. The summed E-state index contributed by atoms with van der Waals surface area (Å²) in [7, 11) is 0. The topological polar surface area (TPSA) is 86.5 Å². The molecule has 7 nitrogen and oxygen atoms in total. The molecule has 0 atom stereocenters. The van der Waals surface area contributed by atoms with Crippen molar-refractivity contribution in [3.8, 4) is 0 Å². The number of alkyl halides is 3. The molecule has 1 aromatic heterocycles. The minimum absolute atomic E-state index is 0.0211. The first-order valence-corrected chi connectivity index (χ1v) is 9.86. The van der Waals surface area contributed by atoms with Crippen molar-refractivity contribution in [2.75, 3.05) is 6.61 Å². The van der Waals surface area contributed by atoms with Gasteiger partial charge in [0.15, 0.2) is 0 Å². The average Bonchev–Trinajstić information content (AvgIpc) is 3.23. The van der Waals surface area contributed by atoms with Crippen molar-refractivity contribution in [1.82, 2.24) is 15.5 Å². The molecule has 29 heavy (non-hydrogen) atoms. The van der Waals surface area contributed by atoms with Crippen LogP contribution in [0.15, 0.2) is 16.7 Å². The van der Waals surface area contributed by atoms with Crippen LogP contribution in [-0.4, -0.2) is 41.3 Å². The van der Waals surface area contributed by atoms with Gasteiger partial charge in [0.1, 0.15) is 6.61 Å². The maximum Gasteiger partial charge on any atom is 0.522 e. The maximum absolute atomic E-state index is 12.1. The van der Waals surface area contributed by atoms with Crippen LogP contribution in [0.4, 0.5) is 13.2 Å². The molecule has 3 aliphatic rings. The minimum atomic E-state index is -4.62. The Hall–Kier alpha value is -1.94. The van der Waals surface area contributed by atoms with Gasteiger partial charge in [0.2, 0.25) is 17.7 Å². The quantitative estimate of drug-likeness (QED) is 0.666. The van der Waals surface area contributed by atoms with Gasteiger partial charge in [-0.15, -0.1) is 23.4 Å². The van der Waals surface area contributed by atoms with Gasteiger partial charge in [0.05, 0.1) is 12.2 Å². The lowest BCUT2D eigenvalue weighted by Gasteiger charge is -2.35. The number of carbonyl (C=O) groups excluding carboxylic acids is 1. The van der Waals surface area contributed by atoms with Crippen molar-refractivity contribution >= 4 is 5.91 Å². The molecular formula is C19H24F3N3O4. The fourth-order valence-electron chi connectivity index (χ4n) is 3.94. The van der Waals surface area contributed by atoms with Crippen molar-refractivity contribution in [3.63, 3.8) is 0 Å². The van der Waals surface area contributed by atoms with E-state index in [1.54, 1.807) is 0 Å². The first-order chi connectivity index (χ1) is 13.7. The molecular weight excluding hydrogens is 391 g/mol. The molecule has 1 amide bonds. The molecule has 1 spiro atoms. The number of halogens is 3. The summed E-state index contributed by atoms with van der Waals surface area (Å²) in [5, 5.41) is 10.5. The van der Waals surface area contributed by atoms with E-state index >= 15 is 0 Å². The highest BCUT2D eigenvalue weighted by Crippen LogP contribution is 2.61. The second-order valence-corrected chi connectivity index (χ2v) is 8.38. The third-order valence-corrected chi connectivity index (χ3v) is 5.91. The summed E-state index contributed by atoms with van der Waals surface area (Å²) in [5.74, 6) is 0.225. The second-order valence-electron chi connectivity index (χ2n) is 8.38. The number of aromatic nitrogens is 2. The highest BCUT2D eigenvalue weighted by atomic mass is 19.4. The van der Waals surface area contributed by atoms with Crippen LogP contribution in [0.25, 0.3) is 0 Å². The van der Waals surface area contributed by atoms with E-state index in [1.165, 1.54) is 12.8 Å². The summed E-state index contributed by atoms with van der Waals surface area (Å²) < 4.78 is 51.5. The Kier molecular flexibility index (Phi) is 5.41. The zero-order chi connectivity index (χ0) is 20.6. The summed E-state index contributed by atoms with van der Waals surface area (Å²) in [6, 6.07) is 0. The van der Waals surface area contributed by atoms with Gasteiger partial charge in [-0.05, 0) is 50.4 Å². The zero-order valence-electron chi connectivity index (χ0n) is 16.0. The lowest BCUT2D eigenvalue weighted by molar-refractivity contribution is -0.352. The zero-order valence-corrected chi connectivity index (χ0v) is 16.0. The minimum Gasteiger partial charge on any atom is -0.425 e. The van der Waals surface area contributed by atoms with E-state index in [0.29, 0.717) is 35.7 Å². The number of ether oxygens (including phenoxy) is 2. The van der Waals surface area contributed by atoms with Gasteiger partial charge in [-0.2, -0.15) is 0 Å². The van der Waals surface area contributed by atoms with Crippen molar-refractivity contribution in [2.45, 2.75) is 75.9 Å². The van der Waals surface area contributed by atoms with Crippen LogP contribution in [0, 0.1) is 5.41 Å². The van der Waals surface area contributed by atoms with Crippen LogP contribution in [-0.2, 0) is 20.7 Å². The van der Waals surface area contributed by atoms with Gasteiger partial charge in [-0.25, -0.2) is 0 Å². The van der Waals surface area contributed by atoms with E-state index in [1.807, 2.05) is 0 Å². The predicted molar refractivity (Wildman–Crippen MR) is 93.4 cm³/mol. The number of amides is 1. The van der Waals surface area contributed by atoms with Crippen molar-refractivity contribution in [2.24, 2.45) is 5.41 Å². The monoisotopic (exact) mass is 415 g/mol. The predicted octanol–water partition coefficient (Wildman–Crippen LogP) is 3.37. The number of aryl methyl sites for hydroxylation is 1. The Morgan fingerprint density at radius 1 is 1.24 bits per heavy atom. The number of carbonyl (C=O) groups is 1. The maximum atomic E-state index is 12.1. The molecule has 10 heteroatoms. The molecule has 0 aromatic carbocycles. The van der Waals surface area contributed by atoms with Crippen LogP contribution in [0.3, 0.4) is 0 Å². The Labute approximate surface area is 166 Å². The lowest BCUT2D eigenvalue weighted by atomic mass is 9.79.